The van der Waals surface area contributed by atoms with Crippen LogP contribution in [0.2, 0.25) is 0 Å². The smallest absolute Gasteiger partial charge is 0.226 e. The molecule has 0 saturated carbocycles. The van der Waals surface area contributed by atoms with Crippen LogP contribution in [0.1, 0.15) is 25.0 Å². The van der Waals surface area contributed by atoms with Gasteiger partial charge in [-0.1, -0.05) is 18.2 Å². The second-order valence-corrected chi connectivity index (χ2v) is 5.35. The molecule has 0 atom stereocenters. The van der Waals surface area contributed by atoms with Gasteiger partial charge in [-0.25, -0.2) is 0 Å². The van der Waals surface area contributed by atoms with Crippen LogP contribution in [-0.2, 0) is 11.2 Å². The number of fused-ring (bicyclic) bond motifs is 1. The van der Waals surface area contributed by atoms with Crippen LogP contribution in [0.5, 0.6) is 5.75 Å². The van der Waals surface area contributed by atoms with Gasteiger partial charge in [-0.3, -0.25) is 4.79 Å². The summed E-state index contributed by atoms with van der Waals surface area (Å²) in [5.74, 6) is 0.864. The maximum absolute atomic E-state index is 11.0. The van der Waals surface area contributed by atoms with Gasteiger partial charge in [0.05, 0.1) is 6.10 Å². The Hall–Kier alpha value is -1.54. The lowest BCUT2D eigenvalue weighted by Gasteiger charge is -2.12. The minimum absolute atomic E-state index is 0.159. The zero-order valence-electron chi connectivity index (χ0n) is 11.4. The number of carbonyl (C=O) groups excluding carboxylic acids is 1. The molecule has 0 spiro atoms. The van der Waals surface area contributed by atoms with Gasteiger partial charge in [0, 0.05) is 6.42 Å². The summed E-state index contributed by atoms with van der Waals surface area (Å²) in [5.41, 5.74) is 2.08. The van der Waals surface area contributed by atoms with Crippen LogP contribution in [0, 0.1) is 6.92 Å². The fraction of sp³-hybridized carbons (Fsp3) is 0.312. The summed E-state index contributed by atoms with van der Waals surface area (Å²) in [7, 11) is 0. The van der Waals surface area contributed by atoms with Crippen molar-refractivity contribution in [2.45, 2.75) is 33.3 Å². The topological polar surface area (TPSA) is 26.3 Å². The summed E-state index contributed by atoms with van der Waals surface area (Å²) in [4.78, 5) is 11.0. The highest BCUT2D eigenvalue weighted by Gasteiger charge is 2.08. The standard InChI is InChI=1S/C16H17ClO2/c1-10(2)19-14-6-7-15-11(3)12(9-16(17)18)4-5-13(15)8-14/h4-8,10H,9H2,1-3H3. The minimum atomic E-state index is -0.331. The van der Waals surface area contributed by atoms with E-state index in [9.17, 15) is 4.79 Å². The van der Waals surface area contributed by atoms with Crippen molar-refractivity contribution in [1.82, 2.24) is 0 Å². The first-order valence-electron chi connectivity index (χ1n) is 6.34. The summed E-state index contributed by atoms with van der Waals surface area (Å²) in [6, 6.07) is 9.97. The Bertz CT molecular complexity index is 617. The van der Waals surface area contributed by atoms with E-state index in [1.807, 2.05) is 51.1 Å². The molecule has 0 N–H and O–H groups in total. The van der Waals surface area contributed by atoms with Crippen molar-refractivity contribution in [2.75, 3.05) is 0 Å². The van der Waals surface area contributed by atoms with Crippen LogP contribution in [0.15, 0.2) is 30.3 Å². The number of aryl methyl sites for hydroxylation is 1. The van der Waals surface area contributed by atoms with Gasteiger partial charge in [0.2, 0.25) is 5.24 Å². The Kier molecular flexibility index (Phi) is 4.11. The average Bonchev–Trinajstić information content (AvgIpc) is 2.31. The van der Waals surface area contributed by atoms with Gasteiger partial charge in [-0.05, 0) is 66.4 Å². The Labute approximate surface area is 118 Å². The highest BCUT2D eigenvalue weighted by Crippen LogP contribution is 2.27. The Morgan fingerprint density at radius 1 is 1.26 bits per heavy atom. The molecule has 100 valence electrons. The van der Waals surface area contributed by atoms with Crippen molar-refractivity contribution >= 4 is 27.6 Å². The fourth-order valence-corrected chi connectivity index (χ4v) is 2.34. The lowest BCUT2D eigenvalue weighted by molar-refractivity contribution is -0.111. The van der Waals surface area contributed by atoms with Crippen molar-refractivity contribution in [2.24, 2.45) is 0 Å². The summed E-state index contributed by atoms with van der Waals surface area (Å²) in [5, 5.41) is 1.91. The molecule has 0 aliphatic heterocycles. The third kappa shape index (κ3) is 3.27. The molecule has 2 rings (SSSR count). The Balaban J connectivity index is 2.44. The van der Waals surface area contributed by atoms with E-state index in [2.05, 4.69) is 0 Å². The van der Waals surface area contributed by atoms with E-state index in [4.69, 9.17) is 16.3 Å². The lowest BCUT2D eigenvalue weighted by Crippen LogP contribution is -2.05. The molecule has 0 saturated heterocycles. The summed E-state index contributed by atoms with van der Waals surface area (Å²) >= 11 is 5.46. The molecule has 0 aliphatic carbocycles. The molecule has 0 amide bonds. The highest BCUT2D eigenvalue weighted by atomic mass is 35.5. The van der Waals surface area contributed by atoms with E-state index in [-0.39, 0.29) is 17.8 Å². The average molecular weight is 277 g/mol. The van der Waals surface area contributed by atoms with Crippen molar-refractivity contribution in [1.29, 1.82) is 0 Å². The molecule has 0 aromatic heterocycles. The van der Waals surface area contributed by atoms with E-state index in [0.29, 0.717) is 0 Å². The Morgan fingerprint density at radius 3 is 2.63 bits per heavy atom. The Morgan fingerprint density at radius 2 is 2.00 bits per heavy atom. The molecule has 0 radical (unpaired) electrons. The SMILES string of the molecule is Cc1c(CC(=O)Cl)ccc2cc(OC(C)C)ccc12. The molecule has 0 unspecified atom stereocenters. The van der Waals surface area contributed by atoms with Crippen molar-refractivity contribution < 1.29 is 9.53 Å². The van der Waals surface area contributed by atoms with Crippen LogP contribution in [-0.4, -0.2) is 11.3 Å². The predicted molar refractivity (Wildman–Crippen MR) is 79.0 cm³/mol. The van der Waals surface area contributed by atoms with Gasteiger partial charge >= 0.3 is 0 Å². The van der Waals surface area contributed by atoms with Gasteiger partial charge < -0.3 is 4.74 Å². The van der Waals surface area contributed by atoms with Gasteiger partial charge in [-0.15, -0.1) is 0 Å². The first-order chi connectivity index (χ1) is 8.97. The van der Waals surface area contributed by atoms with Crippen LogP contribution < -0.4 is 4.74 Å². The van der Waals surface area contributed by atoms with Crippen molar-refractivity contribution in [3.05, 3.63) is 41.5 Å². The second kappa shape index (κ2) is 5.62. The van der Waals surface area contributed by atoms with Gasteiger partial charge in [0.1, 0.15) is 5.75 Å². The van der Waals surface area contributed by atoms with E-state index in [1.54, 1.807) is 0 Å². The lowest BCUT2D eigenvalue weighted by atomic mass is 9.98. The number of rotatable bonds is 4. The number of carbonyl (C=O) groups is 1. The summed E-state index contributed by atoms with van der Waals surface area (Å²) in [6.07, 6.45) is 0.430. The fourth-order valence-electron chi connectivity index (χ4n) is 2.20. The normalized spacial score (nSPS) is 11.0. The maximum Gasteiger partial charge on any atom is 0.226 e. The van der Waals surface area contributed by atoms with Gasteiger partial charge in [0.25, 0.3) is 0 Å². The van der Waals surface area contributed by atoms with Crippen molar-refractivity contribution in [3.63, 3.8) is 0 Å². The molecule has 0 bridgehead atoms. The number of ether oxygens (including phenoxy) is 1. The monoisotopic (exact) mass is 276 g/mol. The second-order valence-electron chi connectivity index (χ2n) is 4.93. The number of halogens is 1. The van der Waals surface area contributed by atoms with E-state index in [0.717, 1.165) is 27.6 Å². The zero-order valence-corrected chi connectivity index (χ0v) is 12.1. The molecule has 3 heteroatoms. The molecule has 0 heterocycles. The third-order valence-corrected chi connectivity index (χ3v) is 3.21. The molecule has 0 aliphatic rings. The van der Waals surface area contributed by atoms with Crippen molar-refractivity contribution in [3.8, 4) is 5.75 Å². The predicted octanol–water partition coefficient (Wildman–Crippen LogP) is 4.24. The molecular formula is C16H17ClO2. The molecule has 0 fully saturated rings. The number of hydrogen-bond donors (Lipinski definition) is 0. The van der Waals surface area contributed by atoms with Crippen LogP contribution in [0.3, 0.4) is 0 Å². The maximum atomic E-state index is 11.0. The largest absolute Gasteiger partial charge is 0.491 e. The molecular weight excluding hydrogens is 260 g/mol. The molecule has 2 aromatic rings. The summed E-state index contributed by atoms with van der Waals surface area (Å²) in [6.45, 7) is 6.02. The van der Waals surface area contributed by atoms with Crippen LogP contribution in [0.25, 0.3) is 10.8 Å². The highest BCUT2D eigenvalue weighted by molar-refractivity contribution is 6.63. The van der Waals surface area contributed by atoms with E-state index in [1.165, 1.54) is 0 Å². The molecule has 2 aromatic carbocycles. The number of hydrogen-bond acceptors (Lipinski definition) is 2. The number of benzene rings is 2. The third-order valence-electron chi connectivity index (χ3n) is 3.07. The quantitative estimate of drug-likeness (QED) is 0.781. The van der Waals surface area contributed by atoms with E-state index >= 15 is 0 Å². The first kappa shape index (κ1) is 13.9. The minimum Gasteiger partial charge on any atom is -0.491 e. The van der Waals surface area contributed by atoms with Gasteiger partial charge in [-0.2, -0.15) is 0 Å². The first-order valence-corrected chi connectivity index (χ1v) is 6.72. The summed E-state index contributed by atoms with van der Waals surface area (Å²) < 4.78 is 5.68. The van der Waals surface area contributed by atoms with Crippen LogP contribution in [0.4, 0.5) is 0 Å². The van der Waals surface area contributed by atoms with Gasteiger partial charge in [0.15, 0.2) is 0 Å². The zero-order chi connectivity index (χ0) is 14.0. The van der Waals surface area contributed by atoms with Crippen LogP contribution >= 0.6 is 11.6 Å². The molecule has 2 nitrogen and oxygen atoms in total. The van der Waals surface area contributed by atoms with E-state index < -0.39 is 0 Å². The molecule has 19 heavy (non-hydrogen) atoms.